The Hall–Kier alpha value is -0.940. The lowest BCUT2D eigenvalue weighted by Crippen LogP contribution is -2.69. The monoisotopic (exact) mass is 315 g/mol. The zero-order valence-electron chi connectivity index (χ0n) is 14.2. The van der Waals surface area contributed by atoms with Crippen molar-refractivity contribution >= 4 is 0 Å². The third-order valence-corrected chi connectivity index (χ3v) is 5.69. The molecule has 1 aromatic rings. The molecule has 1 saturated carbocycles. The smallest absolute Gasteiger partial charge is 0.0638 e. The summed E-state index contributed by atoms with van der Waals surface area (Å²) in [5.74, 6) is 0.935. The third kappa shape index (κ3) is 3.61. The quantitative estimate of drug-likeness (QED) is 0.893. The average molecular weight is 315 g/mol. The van der Waals surface area contributed by atoms with Crippen LogP contribution in [0.4, 0.5) is 0 Å². The number of nitrogens with one attached hydrogen (secondary N) is 1. The number of nitrogens with zero attached hydrogens (tertiary/aromatic N) is 2. The number of benzene rings is 1. The Kier molecular flexibility index (Phi) is 4.67. The number of piperazine rings is 1. The largest absolute Gasteiger partial charge is 0.378 e. The van der Waals surface area contributed by atoms with E-state index in [-0.39, 0.29) is 0 Å². The molecule has 126 valence electrons. The molecule has 2 saturated heterocycles. The van der Waals surface area contributed by atoms with Gasteiger partial charge in [0.2, 0.25) is 0 Å². The van der Waals surface area contributed by atoms with Crippen LogP contribution in [0.3, 0.4) is 0 Å². The Morgan fingerprint density at radius 1 is 1.22 bits per heavy atom. The molecule has 0 aromatic heterocycles. The van der Waals surface area contributed by atoms with Gasteiger partial charge >= 0.3 is 0 Å². The second kappa shape index (κ2) is 6.89. The third-order valence-electron chi connectivity index (χ3n) is 5.69. The Morgan fingerprint density at radius 3 is 2.83 bits per heavy atom. The van der Waals surface area contributed by atoms with Gasteiger partial charge in [-0.15, -0.1) is 0 Å². The average Bonchev–Trinajstić information content (AvgIpc) is 3.39. The van der Waals surface area contributed by atoms with Crippen LogP contribution in [-0.2, 0) is 11.3 Å². The molecule has 2 heterocycles. The van der Waals surface area contributed by atoms with Gasteiger partial charge in [-0.2, -0.15) is 0 Å². The second-order valence-electron chi connectivity index (χ2n) is 7.49. The van der Waals surface area contributed by atoms with Crippen molar-refractivity contribution in [3.8, 4) is 0 Å². The van der Waals surface area contributed by atoms with Crippen molar-refractivity contribution in [2.24, 2.45) is 5.92 Å². The predicted molar refractivity (Wildman–Crippen MR) is 92.4 cm³/mol. The Balaban J connectivity index is 1.44. The first-order valence-corrected chi connectivity index (χ1v) is 9.10. The summed E-state index contributed by atoms with van der Waals surface area (Å²) < 4.78 is 6.02. The molecule has 3 atom stereocenters. The van der Waals surface area contributed by atoms with Gasteiger partial charge in [-0.3, -0.25) is 9.80 Å². The van der Waals surface area contributed by atoms with Crippen LogP contribution in [-0.4, -0.2) is 67.8 Å². The molecule has 23 heavy (non-hydrogen) atoms. The van der Waals surface area contributed by atoms with Crippen molar-refractivity contribution < 1.29 is 4.74 Å². The van der Waals surface area contributed by atoms with Crippen molar-refractivity contribution in [2.45, 2.75) is 37.5 Å². The SMILES string of the molecule is CN(CC1CC1)C1COCC2[C@@H]1NCCN2Cc1ccccc1. The van der Waals surface area contributed by atoms with E-state index in [4.69, 9.17) is 4.74 Å². The van der Waals surface area contributed by atoms with Gasteiger partial charge in [-0.1, -0.05) is 30.3 Å². The number of hydrogen-bond donors (Lipinski definition) is 1. The standard InChI is InChI=1S/C19H29N3O/c1-21(11-16-7-8-16)17-13-23-14-18-19(17)20-9-10-22(18)12-15-5-3-2-4-6-15/h2-6,16-20H,7-14H2,1H3/t17?,18?,19-/m1/s1. The van der Waals surface area contributed by atoms with Crippen LogP contribution in [0.2, 0.25) is 0 Å². The topological polar surface area (TPSA) is 27.7 Å². The molecule has 4 nitrogen and oxygen atoms in total. The van der Waals surface area contributed by atoms with Crippen molar-refractivity contribution in [3.05, 3.63) is 35.9 Å². The van der Waals surface area contributed by atoms with Crippen molar-refractivity contribution in [2.75, 3.05) is 39.9 Å². The predicted octanol–water partition coefficient (Wildman–Crippen LogP) is 1.57. The first-order valence-electron chi connectivity index (χ1n) is 9.10. The number of rotatable bonds is 5. The van der Waals surface area contributed by atoms with Crippen molar-refractivity contribution in [1.29, 1.82) is 0 Å². The Morgan fingerprint density at radius 2 is 2.04 bits per heavy atom. The number of likely N-dealkylation sites (N-methyl/N-ethyl adjacent to an activating group) is 1. The van der Waals surface area contributed by atoms with E-state index < -0.39 is 0 Å². The van der Waals surface area contributed by atoms with Crippen LogP contribution in [0.5, 0.6) is 0 Å². The Bertz CT molecular complexity index is 505. The maximum Gasteiger partial charge on any atom is 0.0638 e. The van der Waals surface area contributed by atoms with Crippen LogP contribution in [0.15, 0.2) is 30.3 Å². The summed E-state index contributed by atoms with van der Waals surface area (Å²) in [6.45, 7) is 6.19. The zero-order chi connectivity index (χ0) is 15.6. The van der Waals surface area contributed by atoms with Gasteiger partial charge in [0.1, 0.15) is 0 Å². The van der Waals surface area contributed by atoms with Crippen molar-refractivity contribution in [3.63, 3.8) is 0 Å². The van der Waals surface area contributed by atoms with Crippen LogP contribution in [0, 0.1) is 5.92 Å². The van der Waals surface area contributed by atoms with E-state index in [0.717, 1.165) is 38.8 Å². The highest BCUT2D eigenvalue weighted by Crippen LogP contribution is 2.31. The molecule has 3 fully saturated rings. The highest BCUT2D eigenvalue weighted by atomic mass is 16.5. The molecular formula is C19H29N3O. The number of fused-ring (bicyclic) bond motifs is 1. The van der Waals surface area contributed by atoms with E-state index >= 15 is 0 Å². The van der Waals surface area contributed by atoms with Gasteiger partial charge in [-0.05, 0) is 31.4 Å². The molecule has 0 bridgehead atoms. The van der Waals surface area contributed by atoms with Crippen molar-refractivity contribution in [1.82, 2.24) is 15.1 Å². The fourth-order valence-electron chi connectivity index (χ4n) is 4.18. The van der Waals surface area contributed by atoms with Crippen LogP contribution < -0.4 is 5.32 Å². The van der Waals surface area contributed by atoms with Crippen LogP contribution >= 0.6 is 0 Å². The maximum absolute atomic E-state index is 6.02. The van der Waals surface area contributed by atoms with Gasteiger partial charge in [0.15, 0.2) is 0 Å². The van der Waals surface area contributed by atoms with E-state index in [1.807, 2.05) is 0 Å². The summed E-state index contributed by atoms with van der Waals surface area (Å²) in [6.07, 6.45) is 2.83. The lowest BCUT2D eigenvalue weighted by Gasteiger charge is -2.50. The number of ether oxygens (including phenoxy) is 1. The van der Waals surface area contributed by atoms with Gasteiger partial charge in [0.05, 0.1) is 19.3 Å². The molecule has 2 unspecified atom stereocenters. The van der Waals surface area contributed by atoms with Gasteiger partial charge in [0.25, 0.3) is 0 Å². The molecule has 2 aliphatic heterocycles. The summed E-state index contributed by atoms with van der Waals surface area (Å²) in [6, 6.07) is 12.4. The molecule has 4 heteroatoms. The van der Waals surface area contributed by atoms with E-state index in [0.29, 0.717) is 18.1 Å². The minimum atomic E-state index is 0.490. The van der Waals surface area contributed by atoms with Gasteiger partial charge in [-0.25, -0.2) is 0 Å². The molecule has 0 amide bonds. The minimum Gasteiger partial charge on any atom is -0.378 e. The molecule has 1 N–H and O–H groups in total. The molecule has 1 aromatic carbocycles. The molecule has 0 radical (unpaired) electrons. The maximum atomic E-state index is 6.02. The van der Waals surface area contributed by atoms with Crippen LogP contribution in [0.1, 0.15) is 18.4 Å². The molecule has 1 aliphatic carbocycles. The summed E-state index contributed by atoms with van der Waals surface area (Å²) in [4.78, 5) is 5.17. The molecule has 0 spiro atoms. The zero-order valence-corrected chi connectivity index (χ0v) is 14.2. The number of hydrogen-bond acceptors (Lipinski definition) is 4. The van der Waals surface area contributed by atoms with Gasteiger partial charge in [0, 0.05) is 38.3 Å². The molecule has 4 rings (SSSR count). The van der Waals surface area contributed by atoms with E-state index in [1.54, 1.807) is 0 Å². The highest BCUT2D eigenvalue weighted by molar-refractivity contribution is 5.15. The van der Waals surface area contributed by atoms with Crippen LogP contribution in [0.25, 0.3) is 0 Å². The summed E-state index contributed by atoms with van der Waals surface area (Å²) in [5.41, 5.74) is 1.40. The van der Waals surface area contributed by atoms with E-state index in [9.17, 15) is 0 Å². The normalized spacial score (nSPS) is 32.0. The highest BCUT2D eigenvalue weighted by Gasteiger charge is 2.42. The second-order valence-corrected chi connectivity index (χ2v) is 7.49. The first-order chi connectivity index (χ1) is 11.3. The van der Waals surface area contributed by atoms with Gasteiger partial charge < -0.3 is 10.1 Å². The lowest BCUT2D eigenvalue weighted by atomic mass is 9.93. The first kappa shape index (κ1) is 15.6. The lowest BCUT2D eigenvalue weighted by molar-refractivity contribution is -0.0683. The summed E-state index contributed by atoms with van der Waals surface area (Å²) in [5, 5.41) is 3.80. The molecular weight excluding hydrogens is 286 g/mol. The molecule has 3 aliphatic rings. The minimum absolute atomic E-state index is 0.490. The fraction of sp³-hybridized carbons (Fsp3) is 0.684. The fourth-order valence-corrected chi connectivity index (χ4v) is 4.18. The summed E-state index contributed by atoms with van der Waals surface area (Å²) in [7, 11) is 2.28. The summed E-state index contributed by atoms with van der Waals surface area (Å²) >= 11 is 0. The Labute approximate surface area is 139 Å². The van der Waals surface area contributed by atoms with E-state index in [1.165, 1.54) is 24.9 Å². The van der Waals surface area contributed by atoms with E-state index in [2.05, 4.69) is 52.5 Å².